The lowest BCUT2D eigenvalue weighted by molar-refractivity contribution is 0.0981. The zero-order valence-corrected chi connectivity index (χ0v) is 12.6. The number of benzene rings is 1. The van der Waals surface area contributed by atoms with Crippen LogP contribution in [0.4, 0.5) is 0 Å². The average molecular weight is 313 g/mol. The van der Waals surface area contributed by atoms with Crippen LogP contribution >= 0.6 is 15.9 Å². The highest BCUT2D eigenvalue weighted by Crippen LogP contribution is 2.33. The van der Waals surface area contributed by atoms with Crippen LogP contribution in [0.1, 0.15) is 38.7 Å². The predicted molar refractivity (Wildman–Crippen MR) is 76.7 cm³/mol. The molecule has 0 heterocycles. The lowest BCUT2D eigenvalue weighted by Gasteiger charge is -2.32. The van der Waals surface area contributed by atoms with Crippen molar-refractivity contribution in [3.05, 3.63) is 28.2 Å². The first-order valence-corrected chi connectivity index (χ1v) is 7.45. The molecule has 2 nitrogen and oxygen atoms in total. The summed E-state index contributed by atoms with van der Waals surface area (Å²) in [6.07, 6.45) is 3.76. The van der Waals surface area contributed by atoms with Gasteiger partial charge in [0.2, 0.25) is 0 Å². The highest BCUT2D eigenvalue weighted by atomic mass is 79.9. The number of ether oxygens (including phenoxy) is 1. The number of hydrogen-bond donors (Lipinski definition) is 1. The molecule has 1 aliphatic rings. The number of aliphatic hydroxyl groups excluding tert-OH is 1. The highest BCUT2D eigenvalue weighted by Gasteiger charge is 2.26. The van der Waals surface area contributed by atoms with Crippen LogP contribution in [0.25, 0.3) is 0 Å². The molecule has 1 saturated carbocycles. The second-order valence-electron chi connectivity index (χ2n) is 5.42. The Morgan fingerprint density at radius 2 is 2.06 bits per heavy atom. The Labute approximate surface area is 117 Å². The number of halogens is 1. The Bertz CT molecular complexity index is 405. The van der Waals surface area contributed by atoms with Crippen molar-refractivity contribution in [3.63, 3.8) is 0 Å². The number of rotatable bonds is 3. The highest BCUT2D eigenvalue weighted by molar-refractivity contribution is 9.10. The number of aliphatic hydroxyl groups is 1. The van der Waals surface area contributed by atoms with E-state index in [4.69, 9.17) is 4.74 Å². The van der Waals surface area contributed by atoms with Crippen LogP contribution in [0, 0.1) is 11.8 Å². The maximum absolute atomic E-state index is 9.37. The van der Waals surface area contributed by atoms with Gasteiger partial charge in [0.1, 0.15) is 5.75 Å². The van der Waals surface area contributed by atoms with Gasteiger partial charge in [0.15, 0.2) is 0 Å². The molecule has 3 unspecified atom stereocenters. The molecule has 0 bridgehead atoms. The van der Waals surface area contributed by atoms with Gasteiger partial charge in [-0.15, -0.1) is 0 Å². The quantitative estimate of drug-likeness (QED) is 0.908. The van der Waals surface area contributed by atoms with Crippen LogP contribution < -0.4 is 4.74 Å². The third kappa shape index (κ3) is 3.27. The standard InChI is InChI=1S/C15H21BrO2/c1-10-3-5-14(7-11(10)2)18-15-6-4-13(16)8-12(15)9-17/h4,6,8,10-11,14,17H,3,5,7,9H2,1-2H3. The minimum Gasteiger partial charge on any atom is -0.490 e. The summed E-state index contributed by atoms with van der Waals surface area (Å²) in [6, 6.07) is 5.83. The lowest BCUT2D eigenvalue weighted by atomic mass is 9.80. The average Bonchev–Trinajstić information content (AvgIpc) is 2.36. The first-order valence-electron chi connectivity index (χ1n) is 6.66. The maximum atomic E-state index is 9.37. The van der Waals surface area contributed by atoms with Crippen LogP contribution in [0.5, 0.6) is 5.75 Å². The summed E-state index contributed by atoms with van der Waals surface area (Å²) in [7, 11) is 0. The molecule has 3 atom stereocenters. The Morgan fingerprint density at radius 1 is 1.28 bits per heavy atom. The van der Waals surface area contributed by atoms with Crippen LogP contribution in [0.3, 0.4) is 0 Å². The van der Waals surface area contributed by atoms with Gasteiger partial charge in [-0.3, -0.25) is 0 Å². The molecule has 0 amide bonds. The van der Waals surface area contributed by atoms with Gasteiger partial charge in [-0.1, -0.05) is 29.8 Å². The van der Waals surface area contributed by atoms with Crippen LogP contribution in [0.2, 0.25) is 0 Å². The molecule has 0 aliphatic heterocycles. The molecule has 1 aromatic rings. The summed E-state index contributed by atoms with van der Waals surface area (Å²) in [5.74, 6) is 2.34. The molecule has 1 N–H and O–H groups in total. The van der Waals surface area contributed by atoms with E-state index in [1.165, 1.54) is 6.42 Å². The van der Waals surface area contributed by atoms with Gasteiger partial charge in [0.25, 0.3) is 0 Å². The Balaban J connectivity index is 2.05. The van der Waals surface area contributed by atoms with Crippen molar-refractivity contribution in [2.45, 2.75) is 45.8 Å². The van der Waals surface area contributed by atoms with E-state index in [9.17, 15) is 5.11 Å². The van der Waals surface area contributed by atoms with E-state index in [1.807, 2.05) is 18.2 Å². The molecule has 1 fully saturated rings. The molecule has 18 heavy (non-hydrogen) atoms. The molecule has 0 radical (unpaired) electrons. The predicted octanol–water partition coefficient (Wildman–Crippen LogP) is 4.14. The van der Waals surface area contributed by atoms with Gasteiger partial charge in [-0.05, 0) is 49.3 Å². The van der Waals surface area contributed by atoms with Gasteiger partial charge in [0, 0.05) is 10.0 Å². The summed E-state index contributed by atoms with van der Waals surface area (Å²) >= 11 is 3.41. The summed E-state index contributed by atoms with van der Waals surface area (Å²) in [4.78, 5) is 0. The smallest absolute Gasteiger partial charge is 0.125 e. The van der Waals surface area contributed by atoms with Crippen molar-refractivity contribution in [1.29, 1.82) is 0 Å². The third-order valence-corrected chi connectivity index (χ3v) is 4.53. The fourth-order valence-corrected chi connectivity index (χ4v) is 2.98. The van der Waals surface area contributed by atoms with Gasteiger partial charge < -0.3 is 9.84 Å². The van der Waals surface area contributed by atoms with E-state index in [-0.39, 0.29) is 6.61 Å². The Kier molecular flexibility index (Phi) is 4.68. The first kappa shape index (κ1) is 13.9. The molecule has 0 saturated heterocycles. The summed E-state index contributed by atoms with van der Waals surface area (Å²) in [5, 5.41) is 9.37. The van der Waals surface area contributed by atoms with Crippen molar-refractivity contribution >= 4 is 15.9 Å². The lowest BCUT2D eigenvalue weighted by Crippen LogP contribution is -2.29. The van der Waals surface area contributed by atoms with Crippen LogP contribution in [-0.4, -0.2) is 11.2 Å². The fraction of sp³-hybridized carbons (Fsp3) is 0.600. The Hall–Kier alpha value is -0.540. The molecule has 0 aromatic heterocycles. The van der Waals surface area contributed by atoms with E-state index in [0.29, 0.717) is 6.10 Å². The molecule has 0 spiro atoms. The first-order chi connectivity index (χ1) is 8.60. The molecular weight excluding hydrogens is 292 g/mol. The summed E-state index contributed by atoms with van der Waals surface area (Å²) in [6.45, 7) is 4.64. The SMILES string of the molecule is CC1CCC(Oc2ccc(Br)cc2CO)CC1C. The third-order valence-electron chi connectivity index (χ3n) is 4.04. The van der Waals surface area contributed by atoms with Crippen molar-refractivity contribution in [3.8, 4) is 5.75 Å². The Morgan fingerprint density at radius 3 is 2.72 bits per heavy atom. The minimum absolute atomic E-state index is 0.0213. The van der Waals surface area contributed by atoms with Crippen LogP contribution in [0.15, 0.2) is 22.7 Å². The van der Waals surface area contributed by atoms with E-state index in [2.05, 4.69) is 29.8 Å². The van der Waals surface area contributed by atoms with Crippen molar-refractivity contribution in [2.24, 2.45) is 11.8 Å². The van der Waals surface area contributed by atoms with E-state index >= 15 is 0 Å². The molecule has 1 aliphatic carbocycles. The van der Waals surface area contributed by atoms with Gasteiger partial charge >= 0.3 is 0 Å². The molecule has 100 valence electrons. The van der Waals surface area contributed by atoms with E-state index in [0.717, 1.165) is 40.5 Å². The minimum atomic E-state index is 0.0213. The molecule has 1 aromatic carbocycles. The van der Waals surface area contributed by atoms with E-state index in [1.54, 1.807) is 0 Å². The number of hydrogen-bond acceptors (Lipinski definition) is 2. The molecular formula is C15H21BrO2. The van der Waals surface area contributed by atoms with Gasteiger partial charge in [-0.2, -0.15) is 0 Å². The van der Waals surface area contributed by atoms with Gasteiger partial charge in [-0.25, -0.2) is 0 Å². The normalized spacial score (nSPS) is 28.1. The maximum Gasteiger partial charge on any atom is 0.125 e. The topological polar surface area (TPSA) is 29.5 Å². The van der Waals surface area contributed by atoms with E-state index < -0.39 is 0 Å². The van der Waals surface area contributed by atoms with Crippen molar-refractivity contribution in [1.82, 2.24) is 0 Å². The van der Waals surface area contributed by atoms with Gasteiger partial charge in [0.05, 0.1) is 12.7 Å². The zero-order chi connectivity index (χ0) is 13.1. The largest absolute Gasteiger partial charge is 0.490 e. The zero-order valence-electron chi connectivity index (χ0n) is 11.0. The summed E-state index contributed by atoms with van der Waals surface area (Å²) in [5.41, 5.74) is 0.857. The summed E-state index contributed by atoms with van der Waals surface area (Å²) < 4.78 is 7.05. The fourth-order valence-electron chi connectivity index (χ4n) is 2.57. The van der Waals surface area contributed by atoms with Crippen molar-refractivity contribution < 1.29 is 9.84 Å². The second kappa shape index (κ2) is 6.07. The van der Waals surface area contributed by atoms with Crippen LogP contribution in [-0.2, 0) is 6.61 Å². The molecule has 2 rings (SSSR count). The second-order valence-corrected chi connectivity index (χ2v) is 6.33. The molecule has 3 heteroatoms. The monoisotopic (exact) mass is 312 g/mol. The van der Waals surface area contributed by atoms with Crippen molar-refractivity contribution in [2.75, 3.05) is 0 Å².